The standard InChI is InChI=1S/C33H36Cl2N2O8S/c1-32(2,3)16-8-7-14-15(12-46-11-13-6-9-17(34)18(35)10-13)19-21(26(39)20(14)25(16)38)29(42)33(45)23(27(19)40)24(37(4)5)28(41)22(30(33)43)31(36)44/h6-10,15,19,23-24,27,38-40,43,45H,11-12H2,1-5H3,(H2,36,44)/t15-,19+,23+,24-,27-,33-/m0/s1. The number of primary amides is 1. The van der Waals surface area contributed by atoms with Gasteiger partial charge in [-0.05, 0) is 42.8 Å². The van der Waals surface area contributed by atoms with Gasteiger partial charge in [0.15, 0.2) is 11.4 Å². The number of phenolic OH excluding ortho intramolecular Hbond substituents is 1. The third-order valence-corrected chi connectivity index (χ3v) is 11.2. The molecule has 5 rings (SSSR count). The summed E-state index contributed by atoms with van der Waals surface area (Å²) < 4.78 is 0. The van der Waals surface area contributed by atoms with Gasteiger partial charge in [0.25, 0.3) is 5.91 Å². The maximum atomic E-state index is 14.5. The van der Waals surface area contributed by atoms with Crippen LogP contribution in [0.2, 0.25) is 10.0 Å². The molecule has 246 valence electrons. The Labute approximate surface area is 280 Å². The zero-order chi connectivity index (χ0) is 34.2. The molecule has 0 heterocycles. The minimum Gasteiger partial charge on any atom is -0.508 e. The van der Waals surface area contributed by atoms with Gasteiger partial charge in [-0.1, -0.05) is 62.2 Å². The molecule has 1 saturated carbocycles. The highest BCUT2D eigenvalue weighted by Crippen LogP contribution is 2.57. The van der Waals surface area contributed by atoms with Crippen molar-refractivity contribution in [2.45, 2.75) is 55.6 Å². The van der Waals surface area contributed by atoms with Gasteiger partial charge in [-0.25, -0.2) is 0 Å². The number of aliphatic hydroxyl groups excluding tert-OH is 3. The molecule has 13 heteroatoms. The third kappa shape index (κ3) is 5.12. The Morgan fingerprint density at radius 3 is 2.28 bits per heavy atom. The molecule has 0 spiro atoms. The Balaban J connectivity index is 1.72. The molecule has 2 aromatic rings. The Kier molecular flexibility index (Phi) is 8.85. The lowest BCUT2D eigenvalue weighted by Crippen LogP contribution is -2.70. The molecule has 0 unspecified atom stereocenters. The fraction of sp³-hybridized carbons (Fsp3) is 0.424. The molecule has 46 heavy (non-hydrogen) atoms. The van der Waals surface area contributed by atoms with Crippen LogP contribution in [-0.4, -0.2) is 85.5 Å². The van der Waals surface area contributed by atoms with Crippen LogP contribution >= 0.6 is 35.0 Å². The smallest absolute Gasteiger partial charge is 0.255 e. The molecule has 10 nitrogen and oxygen atoms in total. The number of carbonyl (C=O) groups excluding carboxylic acids is 3. The summed E-state index contributed by atoms with van der Waals surface area (Å²) in [4.78, 5) is 41.7. The Morgan fingerprint density at radius 1 is 1.07 bits per heavy atom. The van der Waals surface area contributed by atoms with E-state index in [0.717, 1.165) is 5.56 Å². The van der Waals surface area contributed by atoms with Crippen molar-refractivity contribution in [3.63, 3.8) is 0 Å². The summed E-state index contributed by atoms with van der Waals surface area (Å²) in [5.74, 6) is -8.57. The van der Waals surface area contributed by atoms with E-state index in [-0.39, 0.29) is 17.1 Å². The van der Waals surface area contributed by atoms with E-state index in [1.54, 1.807) is 24.3 Å². The average molecular weight is 692 g/mol. The SMILES string of the molecule is CN(C)[C@@H]1C(=O)C(C(N)=O)=C(O)[C@@]2(O)C(=O)C3=C(O)c4c(ccc(C(C)(C)C)c4O)[C@H](CSCc4ccc(Cl)c(Cl)c4)[C@H]3[C@H](O)[C@@H]12. The highest BCUT2D eigenvalue weighted by atomic mass is 35.5. The van der Waals surface area contributed by atoms with Gasteiger partial charge in [0.05, 0.1) is 33.7 Å². The van der Waals surface area contributed by atoms with Crippen molar-refractivity contribution < 1.29 is 39.9 Å². The molecular formula is C33H36Cl2N2O8S. The first-order chi connectivity index (χ1) is 21.3. The topological polar surface area (TPSA) is 182 Å². The second kappa shape index (κ2) is 11.9. The minimum atomic E-state index is -2.99. The number of fused-ring (bicyclic) bond motifs is 3. The van der Waals surface area contributed by atoms with Crippen molar-refractivity contribution in [1.29, 1.82) is 0 Å². The number of phenols is 1. The zero-order valence-electron chi connectivity index (χ0n) is 25.8. The molecule has 0 saturated heterocycles. The van der Waals surface area contributed by atoms with Crippen molar-refractivity contribution in [2.24, 2.45) is 17.6 Å². The van der Waals surface area contributed by atoms with Crippen molar-refractivity contribution in [2.75, 3.05) is 19.8 Å². The molecule has 0 aliphatic heterocycles. The summed E-state index contributed by atoms with van der Waals surface area (Å²) in [6.07, 6.45) is -1.69. The molecule has 0 aromatic heterocycles. The van der Waals surface area contributed by atoms with Gasteiger partial charge in [0.1, 0.15) is 22.8 Å². The van der Waals surface area contributed by atoms with Crippen LogP contribution in [0.4, 0.5) is 0 Å². The van der Waals surface area contributed by atoms with Crippen molar-refractivity contribution in [3.05, 3.63) is 79.5 Å². The summed E-state index contributed by atoms with van der Waals surface area (Å²) in [6.45, 7) is 5.60. The van der Waals surface area contributed by atoms with Crippen LogP contribution in [-0.2, 0) is 25.6 Å². The number of nitrogens with two attached hydrogens (primary N) is 1. The van der Waals surface area contributed by atoms with Crippen LogP contribution < -0.4 is 5.73 Å². The number of aromatic hydroxyl groups is 1. The van der Waals surface area contributed by atoms with E-state index in [9.17, 15) is 39.9 Å². The number of hydrogen-bond acceptors (Lipinski definition) is 10. The van der Waals surface area contributed by atoms with Gasteiger partial charge >= 0.3 is 0 Å². The first-order valence-corrected chi connectivity index (χ1v) is 16.5. The lowest BCUT2D eigenvalue weighted by atomic mass is 9.54. The summed E-state index contributed by atoms with van der Waals surface area (Å²) in [6, 6.07) is 7.25. The number of amides is 1. The van der Waals surface area contributed by atoms with E-state index in [0.29, 0.717) is 26.9 Å². The Bertz CT molecular complexity index is 1730. The summed E-state index contributed by atoms with van der Waals surface area (Å²) in [5.41, 5.74) is 2.23. The van der Waals surface area contributed by atoms with E-state index in [1.807, 2.05) is 26.8 Å². The molecule has 2 aromatic carbocycles. The van der Waals surface area contributed by atoms with Gasteiger partial charge in [0.2, 0.25) is 5.78 Å². The monoisotopic (exact) mass is 690 g/mol. The number of halogens is 2. The maximum Gasteiger partial charge on any atom is 0.255 e. The predicted octanol–water partition coefficient (Wildman–Crippen LogP) is 4.01. The molecule has 3 aliphatic rings. The van der Waals surface area contributed by atoms with Crippen LogP contribution in [0, 0.1) is 11.8 Å². The zero-order valence-corrected chi connectivity index (χ0v) is 28.2. The Morgan fingerprint density at radius 2 is 1.72 bits per heavy atom. The van der Waals surface area contributed by atoms with Crippen LogP contribution in [0.5, 0.6) is 5.75 Å². The van der Waals surface area contributed by atoms with E-state index >= 15 is 0 Å². The second-order valence-electron chi connectivity index (χ2n) is 13.3. The lowest BCUT2D eigenvalue weighted by molar-refractivity contribution is -0.169. The van der Waals surface area contributed by atoms with Crippen molar-refractivity contribution in [1.82, 2.24) is 4.90 Å². The van der Waals surface area contributed by atoms with E-state index in [1.165, 1.54) is 30.8 Å². The fourth-order valence-electron chi connectivity index (χ4n) is 7.17. The van der Waals surface area contributed by atoms with E-state index in [2.05, 4.69) is 0 Å². The predicted molar refractivity (Wildman–Crippen MR) is 176 cm³/mol. The first kappa shape index (κ1) is 34.3. The summed E-state index contributed by atoms with van der Waals surface area (Å²) in [5, 5.41) is 59.4. The van der Waals surface area contributed by atoms with Crippen LogP contribution in [0.3, 0.4) is 0 Å². The number of aliphatic hydroxyl groups is 4. The molecule has 6 atom stereocenters. The van der Waals surface area contributed by atoms with Crippen LogP contribution in [0.1, 0.15) is 48.9 Å². The van der Waals surface area contributed by atoms with E-state index < -0.39 is 81.1 Å². The van der Waals surface area contributed by atoms with Crippen LogP contribution in [0.25, 0.3) is 5.76 Å². The molecule has 3 aliphatic carbocycles. The number of thioether (sulfide) groups is 1. The largest absolute Gasteiger partial charge is 0.508 e. The normalized spacial score (nSPS) is 27.9. The molecule has 7 N–H and O–H groups in total. The molecule has 0 bridgehead atoms. The van der Waals surface area contributed by atoms with E-state index in [4.69, 9.17) is 28.9 Å². The van der Waals surface area contributed by atoms with Gasteiger partial charge in [-0.3, -0.25) is 19.3 Å². The molecule has 0 radical (unpaired) electrons. The molecular weight excluding hydrogens is 655 g/mol. The summed E-state index contributed by atoms with van der Waals surface area (Å²) >= 11 is 13.7. The highest BCUT2D eigenvalue weighted by Gasteiger charge is 2.68. The first-order valence-electron chi connectivity index (χ1n) is 14.6. The van der Waals surface area contributed by atoms with Gasteiger partial charge < -0.3 is 31.3 Å². The second-order valence-corrected chi connectivity index (χ2v) is 15.2. The molecule has 1 fully saturated rings. The van der Waals surface area contributed by atoms with Crippen molar-refractivity contribution in [3.8, 4) is 5.75 Å². The number of nitrogens with zero attached hydrogens (tertiary/aromatic N) is 1. The maximum absolute atomic E-state index is 14.5. The molecule has 1 amide bonds. The number of rotatable bonds is 6. The number of likely N-dealkylation sites (N-methyl/N-ethyl adjacent to an activating group) is 1. The third-order valence-electron chi connectivity index (χ3n) is 9.29. The van der Waals surface area contributed by atoms with Gasteiger partial charge in [-0.15, -0.1) is 0 Å². The number of Topliss-reactive ketones (excluding diaryl/α,β-unsaturated/α-hetero) is 2. The van der Waals surface area contributed by atoms with Crippen LogP contribution in [0.15, 0.2) is 47.2 Å². The van der Waals surface area contributed by atoms with Crippen molar-refractivity contribution >= 4 is 58.2 Å². The summed E-state index contributed by atoms with van der Waals surface area (Å²) in [7, 11) is 2.94. The van der Waals surface area contributed by atoms with Gasteiger partial charge in [0, 0.05) is 34.5 Å². The highest BCUT2D eigenvalue weighted by molar-refractivity contribution is 7.98. The average Bonchev–Trinajstić information content (AvgIpc) is 2.95. The fourth-order valence-corrected chi connectivity index (χ4v) is 8.67. The Hall–Kier alpha value is -3.06. The number of carbonyl (C=O) groups is 3. The number of hydrogen-bond donors (Lipinski definition) is 6. The van der Waals surface area contributed by atoms with Gasteiger partial charge in [-0.2, -0.15) is 11.8 Å². The lowest BCUT2D eigenvalue weighted by Gasteiger charge is -2.54. The quantitative estimate of drug-likeness (QED) is 0.242. The minimum absolute atomic E-state index is 0.0314. The number of ketones is 2. The number of benzene rings is 2.